The topological polar surface area (TPSA) is 40.7 Å². The lowest BCUT2D eigenvalue weighted by molar-refractivity contribution is 0.515. The zero-order valence-electron chi connectivity index (χ0n) is 12.4. The van der Waals surface area contributed by atoms with Gasteiger partial charge in [-0.1, -0.05) is 30.5 Å². The molecular weight excluding hydrogens is 246 g/mol. The molecule has 106 valence electrons. The van der Waals surface area contributed by atoms with E-state index in [2.05, 4.69) is 47.3 Å². The van der Waals surface area contributed by atoms with Gasteiger partial charge in [-0.25, -0.2) is 4.98 Å². The molecule has 1 aromatic heterocycles. The summed E-state index contributed by atoms with van der Waals surface area (Å²) < 4.78 is 0. The number of nitrogens with one attached hydrogen (secondary N) is 2. The maximum atomic E-state index is 4.51. The highest BCUT2D eigenvalue weighted by Crippen LogP contribution is 2.23. The maximum absolute atomic E-state index is 4.51. The van der Waals surface area contributed by atoms with Crippen molar-refractivity contribution < 1.29 is 0 Å². The molecule has 1 saturated carbocycles. The van der Waals surface area contributed by atoms with Gasteiger partial charge in [0.1, 0.15) is 5.82 Å². The van der Waals surface area contributed by atoms with Crippen molar-refractivity contribution >= 4 is 0 Å². The van der Waals surface area contributed by atoms with Crippen LogP contribution < -0.4 is 5.32 Å². The van der Waals surface area contributed by atoms with Gasteiger partial charge in [0.15, 0.2) is 0 Å². The second kappa shape index (κ2) is 5.80. The summed E-state index contributed by atoms with van der Waals surface area (Å²) in [4.78, 5) is 7.95. The smallest absolute Gasteiger partial charge is 0.120 e. The highest BCUT2D eigenvalue weighted by atomic mass is 15.0. The van der Waals surface area contributed by atoms with E-state index in [0.717, 1.165) is 18.1 Å². The Morgan fingerprint density at radius 2 is 2.05 bits per heavy atom. The number of aryl methyl sites for hydroxylation is 2. The van der Waals surface area contributed by atoms with Gasteiger partial charge >= 0.3 is 0 Å². The molecule has 20 heavy (non-hydrogen) atoms. The standard InChI is InChI=1S/C17H23N3/c1-12-7-8-13(2)15(9-12)16-10-19-17(20-16)11-18-14-5-3-4-6-14/h7-10,14,18H,3-6,11H2,1-2H3,(H,19,20). The number of hydrogen-bond donors (Lipinski definition) is 2. The van der Waals surface area contributed by atoms with E-state index < -0.39 is 0 Å². The summed E-state index contributed by atoms with van der Waals surface area (Å²) in [6.07, 6.45) is 7.30. The minimum Gasteiger partial charge on any atom is -0.341 e. The average Bonchev–Trinajstić information content (AvgIpc) is 3.10. The SMILES string of the molecule is Cc1ccc(C)c(-c2cnc(CNC3CCCC3)[nH]2)c1. The van der Waals surface area contributed by atoms with E-state index in [1.807, 2.05) is 6.20 Å². The first-order chi connectivity index (χ1) is 9.72. The maximum Gasteiger partial charge on any atom is 0.120 e. The molecular formula is C17H23N3. The minimum absolute atomic E-state index is 0.684. The van der Waals surface area contributed by atoms with Crippen molar-refractivity contribution in [2.45, 2.75) is 52.1 Å². The van der Waals surface area contributed by atoms with Crippen molar-refractivity contribution in [1.29, 1.82) is 0 Å². The van der Waals surface area contributed by atoms with Crippen molar-refractivity contribution in [2.75, 3.05) is 0 Å². The predicted octanol–water partition coefficient (Wildman–Crippen LogP) is 3.73. The molecule has 0 amide bonds. The van der Waals surface area contributed by atoms with Crippen LogP contribution in [0.2, 0.25) is 0 Å². The van der Waals surface area contributed by atoms with Crippen molar-refractivity contribution in [3.63, 3.8) is 0 Å². The Morgan fingerprint density at radius 3 is 2.85 bits per heavy atom. The van der Waals surface area contributed by atoms with Crippen LogP contribution in [0, 0.1) is 13.8 Å². The van der Waals surface area contributed by atoms with Crippen LogP contribution in [-0.2, 0) is 6.54 Å². The lowest BCUT2D eigenvalue weighted by Crippen LogP contribution is -2.25. The molecule has 1 aromatic carbocycles. The molecule has 0 unspecified atom stereocenters. The van der Waals surface area contributed by atoms with Gasteiger partial charge in [0.2, 0.25) is 0 Å². The lowest BCUT2D eigenvalue weighted by atomic mass is 10.0. The summed E-state index contributed by atoms with van der Waals surface area (Å²) >= 11 is 0. The van der Waals surface area contributed by atoms with Crippen LogP contribution in [0.15, 0.2) is 24.4 Å². The fourth-order valence-corrected chi connectivity index (χ4v) is 2.99. The van der Waals surface area contributed by atoms with Crippen molar-refractivity contribution in [3.05, 3.63) is 41.3 Å². The highest BCUT2D eigenvalue weighted by molar-refractivity contribution is 5.63. The van der Waals surface area contributed by atoms with E-state index in [1.54, 1.807) is 0 Å². The van der Waals surface area contributed by atoms with Crippen molar-refractivity contribution in [3.8, 4) is 11.3 Å². The van der Waals surface area contributed by atoms with Crippen LogP contribution in [0.3, 0.4) is 0 Å². The van der Waals surface area contributed by atoms with Crippen LogP contribution in [0.1, 0.15) is 42.6 Å². The summed E-state index contributed by atoms with van der Waals surface area (Å²) in [6, 6.07) is 7.22. The fraction of sp³-hybridized carbons (Fsp3) is 0.471. The summed E-state index contributed by atoms with van der Waals surface area (Å²) in [5.41, 5.74) is 4.94. The molecule has 0 spiro atoms. The Morgan fingerprint density at radius 1 is 1.25 bits per heavy atom. The van der Waals surface area contributed by atoms with Crippen LogP contribution in [-0.4, -0.2) is 16.0 Å². The number of aromatic amines is 1. The molecule has 1 aliphatic carbocycles. The molecule has 0 bridgehead atoms. The normalized spacial score (nSPS) is 15.9. The van der Waals surface area contributed by atoms with E-state index in [0.29, 0.717) is 6.04 Å². The fourth-order valence-electron chi connectivity index (χ4n) is 2.99. The monoisotopic (exact) mass is 269 g/mol. The van der Waals surface area contributed by atoms with Gasteiger partial charge in [0.25, 0.3) is 0 Å². The number of hydrogen-bond acceptors (Lipinski definition) is 2. The quantitative estimate of drug-likeness (QED) is 0.888. The first-order valence-electron chi connectivity index (χ1n) is 7.57. The zero-order valence-corrected chi connectivity index (χ0v) is 12.4. The molecule has 0 atom stereocenters. The third-order valence-corrected chi connectivity index (χ3v) is 4.23. The van der Waals surface area contributed by atoms with E-state index in [1.165, 1.54) is 42.4 Å². The molecule has 0 radical (unpaired) electrons. The minimum atomic E-state index is 0.684. The van der Waals surface area contributed by atoms with E-state index in [-0.39, 0.29) is 0 Å². The van der Waals surface area contributed by atoms with Gasteiger partial charge in [0.05, 0.1) is 18.4 Å². The molecule has 3 rings (SSSR count). The van der Waals surface area contributed by atoms with Crippen LogP contribution >= 0.6 is 0 Å². The average molecular weight is 269 g/mol. The highest BCUT2D eigenvalue weighted by Gasteiger charge is 2.14. The van der Waals surface area contributed by atoms with Crippen LogP contribution in [0.4, 0.5) is 0 Å². The van der Waals surface area contributed by atoms with Gasteiger partial charge in [-0.2, -0.15) is 0 Å². The number of benzene rings is 1. The largest absolute Gasteiger partial charge is 0.341 e. The third-order valence-electron chi connectivity index (χ3n) is 4.23. The Kier molecular flexibility index (Phi) is 3.88. The number of aromatic nitrogens is 2. The van der Waals surface area contributed by atoms with Gasteiger partial charge in [-0.3, -0.25) is 0 Å². The zero-order chi connectivity index (χ0) is 13.9. The summed E-state index contributed by atoms with van der Waals surface area (Å²) in [5.74, 6) is 1.04. The molecule has 1 heterocycles. The Balaban J connectivity index is 1.71. The van der Waals surface area contributed by atoms with Crippen LogP contribution in [0.5, 0.6) is 0 Å². The third kappa shape index (κ3) is 2.93. The van der Waals surface area contributed by atoms with E-state index >= 15 is 0 Å². The van der Waals surface area contributed by atoms with Crippen molar-refractivity contribution in [1.82, 2.24) is 15.3 Å². The molecule has 3 heteroatoms. The lowest BCUT2D eigenvalue weighted by Gasteiger charge is -2.09. The Bertz CT molecular complexity index is 580. The number of imidazole rings is 1. The van der Waals surface area contributed by atoms with Gasteiger partial charge < -0.3 is 10.3 Å². The summed E-state index contributed by atoms with van der Waals surface area (Å²) in [6.45, 7) is 5.11. The molecule has 1 fully saturated rings. The molecule has 1 aliphatic rings. The molecule has 0 aliphatic heterocycles. The first kappa shape index (κ1) is 13.4. The molecule has 2 N–H and O–H groups in total. The summed E-state index contributed by atoms with van der Waals surface area (Å²) in [7, 11) is 0. The number of nitrogens with zero attached hydrogens (tertiary/aromatic N) is 1. The van der Waals surface area contributed by atoms with Gasteiger partial charge in [-0.15, -0.1) is 0 Å². The number of H-pyrrole nitrogens is 1. The van der Waals surface area contributed by atoms with E-state index in [9.17, 15) is 0 Å². The Labute approximate surface area is 120 Å². The second-order valence-corrected chi connectivity index (χ2v) is 5.92. The number of rotatable bonds is 4. The second-order valence-electron chi connectivity index (χ2n) is 5.92. The van der Waals surface area contributed by atoms with E-state index in [4.69, 9.17) is 0 Å². The Hall–Kier alpha value is -1.61. The predicted molar refractivity (Wildman–Crippen MR) is 82.6 cm³/mol. The molecule has 3 nitrogen and oxygen atoms in total. The first-order valence-corrected chi connectivity index (χ1v) is 7.57. The van der Waals surface area contributed by atoms with Crippen LogP contribution in [0.25, 0.3) is 11.3 Å². The molecule has 2 aromatic rings. The van der Waals surface area contributed by atoms with Gasteiger partial charge in [-0.05, 0) is 38.3 Å². The summed E-state index contributed by atoms with van der Waals surface area (Å²) in [5, 5.41) is 3.59. The molecule has 0 saturated heterocycles. The van der Waals surface area contributed by atoms with Crippen molar-refractivity contribution in [2.24, 2.45) is 0 Å². The van der Waals surface area contributed by atoms with Gasteiger partial charge in [0, 0.05) is 11.6 Å².